The zero-order valence-corrected chi connectivity index (χ0v) is 10.4. The molecule has 6 heteroatoms. The number of hydrogen-bond donors (Lipinski definition) is 1. The monoisotopic (exact) mass is 266 g/mol. The van der Waals surface area contributed by atoms with Crippen LogP contribution in [0.3, 0.4) is 0 Å². The molecule has 1 amide bonds. The highest BCUT2D eigenvalue weighted by Crippen LogP contribution is 2.25. The minimum atomic E-state index is -0.328. The smallest absolute Gasteiger partial charge is 0.273 e. The molecule has 0 aliphatic heterocycles. The van der Waals surface area contributed by atoms with Gasteiger partial charge in [-0.15, -0.1) is 0 Å². The highest BCUT2D eigenvalue weighted by molar-refractivity contribution is 6.31. The normalized spacial score (nSPS) is 10.1. The van der Waals surface area contributed by atoms with Gasteiger partial charge < -0.3 is 14.6 Å². The lowest BCUT2D eigenvalue weighted by Crippen LogP contribution is -2.23. The summed E-state index contributed by atoms with van der Waals surface area (Å²) in [5.41, 5.74) is 0.944. The van der Waals surface area contributed by atoms with Crippen LogP contribution in [-0.4, -0.2) is 18.2 Å². The van der Waals surface area contributed by atoms with E-state index in [-0.39, 0.29) is 18.1 Å². The fourth-order valence-corrected chi connectivity index (χ4v) is 1.72. The molecular weight excluding hydrogens is 256 g/mol. The summed E-state index contributed by atoms with van der Waals surface area (Å²) in [6.45, 7) is 0.258. The van der Waals surface area contributed by atoms with Gasteiger partial charge in [0.05, 0.1) is 7.11 Å². The second kappa shape index (κ2) is 5.55. The summed E-state index contributed by atoms with van der Waals surface area (Å²) in [7, 11) is 1.55. The number of carbonyl (C=O) groups excluding carboxylic acids is 1. The number of ether oxygens (including phenoxy) is 1. The number of carbonyl (C=O) groups is 1. The van der Waals surface area contributed by atoms with Crippen molar-refractivity contribution in [3.63, 3.8) is 0 Å². The first kappa shape index (κ1) is 12.4. The van der Waals surface area contributed by atoms with Gasteiger partial charge >= 0.3 is 0 Å². The van der Waals surface area contributed by atoms with Crippen LogP contribution in [0.15, 0.2) is 35.1 Å². The van der Waals surface area contributed by atoms with Gasteiger partial charge in [-0.2, -0.15) is 0 Å². The van der Waals surface area contributed by atoms with Gasteiger partial charge in [-0.1, -0.05) is 22.8 Å². The van der Waals surface area contributed by atoms with Crippen LogP contribution < -0.4 is 10.1 Å². The third-order valence-electron chi connectivity index (χ3n) is 2.39. The summed E-state index contributed by atoms with van der Waals surface area (Å²) in [6.07, 6.45) is 1.34. The van der Waals surface area contributed by atoms with E-state index in [1.54, 1.807) is 25.3 Å². The van der Waals surface area contributed by atoms with Crippen molar-refractivity contribution in [2.45, 2.75) is 6.54 Å². The van der Waals surface area contributed by atoms with Gasteiger partial charge in [0.15, 0.2) is 5.69 Å². The summed E-state index contributed by atoms with van der Waals surface area (Å²) < 4.78 is 9.77. The number of rotatable bonds is 4. The van der Waals surface area contributed by atoms with Gasteiger partial charge in [-0.3, -0.25) is 4.79 Å². The van der Waals surface area contributed by atoms with Gasteiger partial charge in [-0.05, 0) is 12.1 Å². The summed E-state index contributed by atoms with van der Waals surface area (Å²) >= 11 is 6.05. The van der Waals surface area contributed by atoms with Crippen LogP contribution in [0.4, 0.5) is 0 Å². The summed E-state index contributed by atoms with van der Waals surface area (Å²) in [6, 6.07) is 6.79. The number of methoxy groups -OCH3 is 1. The van der Waals surface area contributed by atoms with Crippen molar-refractivity contribution in [3.05, 3.63) is 46.8 Å². The van der Waals surface area contributed by atoms with Crippen LogP contribution in [-0.2, 0) is 6.54 Å². The molecule has 0 aliphatic carbocycles. The molecule has 2 aromatic rings. The molecule has 1 aromatic heterocycles. The van der Waals surface area contributed by atoms with Crippen molar-refractivity contribution in [2.75, 3.05) is 7.11 Å². The average molecular weight is 267 g/mol. The molecule has 0 radical (unpaired) electrons. The van der Waals surface area contributed by atoms with E-state index in [4.69, 9.17) is 16.3 Å². The van der Waals surface area contributed by atoms with E-state index in [9.17, 15) is 4.79 Å². The molecule has 0 saturated heterocycles. The summed E-state index contributed by atoms with van der Waals surface area (Å²) in [5.74, 6) is 0.300. The Kier molecular flexibility index (Phi) is 3.84. The van der Waals surface area contributed by atoms with E-state index in [0.29, 0.717) is 10.8 Å². The van der Waals surface area contributed by atoms with E-state index >= 15 is 0 Å². The molecule has 0 saturated carbocycles. The molecule has 1 aromatic carbocycles. The number of nitrogens with zero attached hydrogens (tertiary/aromatic N) is 1. The molecule has 94 valence electrons. The molecule has 2 rings (SSSR count). The molecule has 0 fully saturated rings. The van der Waals surface area contributed by atoms with Crippen LogP contribution in [0.5, 0.6) is 5.75 Å². The van der Waals surface area contributed by atoms with E-state index in [1.165, 1.54) is 12.3 Å². The summed E-state index contributed by atoms with van der Waals surface area (Å²) in [5, 5.41) is 6.77. The third-order valence-corrected chi connectivity index (χ3v) is 2.75. The van der Waals surface area contributed by atoms with Crippen LogP contribution in [0.2, 0.25) is 5.02 Å². The van der Waals surface area contributed by atoms with E-state index in [1.807, 2.05) is 0 Å². The zero-order chi connectivity index (χ0) is 13.0. The number of amides is 1. The molecule has 18 heavy (non-hydrogen) atoms. The van der Waals surface area contributed by atoms with Crippen LogP contribution in [0, 0.1) is 0 Å². The molecule has 1 heterocycles. The largest absolute Gasteiger partial charge is 0.496 e. The third kappa shape index (κ3) is 2.62. The lowest BCUT2D eigenvalue weighted by Gasteiger charge is -2.10. The van der Waals surface area contributed by atoms with Crippen molar-refractivity contribution >= 4 is 17.5 Å². The minimum absolute atomic E-state index is 0.223. The number of nitrogens with one attached hydrogen (secondary N) is 1. The fourth-order valence-electron chi connectivity index (χ4n) is 1.49. The average Bonchev–Trinajstić information content (AvgIpc) is 2.90. The Labute approximate surface area is 109 Å². The first-order valence-corrected chi connectivity index (χ1v) is 5.60. The Hall–Kier alpha value is -2.01. The van der Waals surface area contributed by atoms with Crippen molar-refractivity contribution < 1.29 is 14.1 Å². The van der Waals surface area contributed by atoms with Gasteiger partial charge in [0.2, 0.25) is 0 Å². The standard InChI is InChI=1S/C12H11ClN2O3/c1-17-11-4-2-3-9(13)8(11)7-14-12(16)10-5-6-18-15-10/h2-6H,7H2,1H3,(H,14,16). The molecule has 0 bridgehead atoms. The Morgan fingerprint density at radius 1 is 1.50 bits per heavy atom. The maximum Gasteiger partial charge on any atom is 0.273 e. The van der Waals surface area contributed by atoms with Crippen molar-refractivity contribution in [1.29, 1.82) is 0 Å². The zero-order valence-electron chi connectivity index (χ0n) is 9.64. The fraction of sp³-hybridized carbons (Fsp3) is 0.167. The first-order valence-electron chi connectivity index (χ1n) is 5.22. The van der Waals surface area contributed by atoms with E-state index < -0.39 is 0 Å². The number of halogens is 1. The topological polar surface area (TPSA) is 64.4 Å². The lowest BCUT2D eigenvalue weighted by molar-refractivity contribution is 0.0941. The van der Waals surface area contributed by atoms with Crippen molar-refractivity contribution in [1.82, 2.24) is 10.5 Å². The quantitative estimate of drug-likeness (QED) is 0.922. The molecular formula is C12H11ClN2O3. The molecule has 0 spiro atoms. The molecule has 1 N–H and O–H groups in total. The Morgan fingerprint density at radius 2 is 2.33 bits per heavy atom. The van der Waals surface area contributed by atoms with E-state index in [0.717, 1.165) is 5.56 Å². The molecule has 0 aliphatic rings. The second-order valence-electron chi connectivity index (χ2n) is 3.49. The second-order valence-corrected chi connectivity index (χ2v) is 3.90. The lowest BCUT2D eigenvalue weighted by atomic mass is 10.2. The first-order chi connectivity index (χ1) is 8.72. The highest BCUT2D eigenvalue weighted by Gasteiger charge is 2.12. The molecule has 0 unspecified atom stereocenters. The van der Waals surface area contributed by atoms with Gasteiger partial charge in [0.25, 0.3) is 5.91 Å². The maximum atomic E-state index is 11.7. The van der Waals surface area contributed by atoms with Gasteiger partial charge in [0, 0.05) is 23.2 Å². The predicted molar refractivity (Wildman–Crippen MR) is 65.7 cm³/mol. The Balaban J connectivity index is 2.09. The minimum Gasteiger partial charge on any atom is -0.496 e. The van der Waals surface area contributed by atoms with Gasteiger partial charge in [-0.25, -0.2) is 0 Å². The van der Waals surface area contributed by atoms with Gasteiger partial charge in [0.1, 0.15) is 12.0 Å². The van der Waals surface area contributed by atoms with Crippen LogP contribution in [0.1, 0.15) is 16.1 Å². The Morgan fingerprint density at radius 3 is 3.00 bits per heavy atom. The number of hydrogen-bond acceptors (Lipinski definition) is 4. The SMILES string of the molecule is COc1cccc(Cl)c1CNC(=O)c1ccon1. The molecule has 0 atom stereocenters. The number of aromatic nitrogens is 1. The van der Waals surface area contributed by atoms with Crippen molar-refractivity contribution in [2.24, 2.45) is 0 Å². The Bertz CT molecular complexity index is 540. The summed E-state index contributed by atoms with van der Waals surface area (Å²) in [4.78, 5) is 11.7. The highest BCUT2D eigenvalue weighted by atomic mass is 35.5. The molecule has 5 nitrogen and oxygen atoms in total. The predicted octanol–water partition coefficient (Wildman–Crippen LogP) is 2.27. The van der Waals surface area contributed by atoms with Crippen molar-refractivity contribution in [3.8, 4) is 5.75 Å². The van der Waals surface area contributed by atoms with Crippen LogP contribution in [0.25, 0.3) is 0 Å². The maximum absolute atomic E-state index is 11.7. The van der Waals surface area contributed by atoms with Crippen LogP contribution >= 0.6 is 11.6 Å². The number of benzene rings is 1. The van der Waals surface area contributed by atoms with E-state index in [2.05, 4.69) is 15.0 Å².